The van der Waals surface area contributed by atoms with Crippen LogP contribution in [0.2, 0.25) is 0 Å². The molecular formula is C47H53N2Zr-5. The van der Waals surface area contributed by atoms with Crippen LogP contribution in [0.4, 0.5) is 5.69 Å². The molecule has 0 bridgehead atoms. The van der Waals surface area contributed by atoms with Crippen LogP contribution in [-0.2, 0) is 26.2 Å². The van der Waals surface area contributed by atoms with Crippen molar-refractivity contribution in [2.24, 2.45) is 5.92 Å². The predicted octanol–water partition coefficient (Wildman–Crippen LogP) is 13.6. The molecule has 5 aromatic rings. The molecule has 0 amide bonds. The van der Waals surface area contributed by atoms with Crippen molar-refractivity contribution in [3.8, 4) is 11.1 Å². The maximum absolute atomic E-state index is 5.52. The quantitative estimate of drug-likeness (QED) is 0.155. The molecule has 0 aromatic heterocycles. The van der Waals surface area contributed by atoms with Crippen molar-refractivity contribution in [1.29, 1.82) is 0 Å². The summed E-state index contributed by atoms with van der Waals surface area (Å²) in [5, 5.41) is 11.0. The van der Waals surface area contributed by atoms with E-state index in [1.165, 1.54) is 52.8 Å². The van der Waals surface area contributed by atoms with Crippen LogP contribution in [0.25, 0.3) is 21.8 Å². The van der Waals surface area contributed by atoms with Crippen molar-refractivity contribution >= 4 is 5.69 Å². The average Bonchev–Trinajstić information content (AvgIpc) is 3.13. The Kier molecular flexibility index (Phi) is 15.5. The third kappa shape index (κ3) is 11.0. The van der Waals surface area contributed by atoms with E-state index in [2.05, 4.69) is 114 Å². The van der Waals surface area contributed by atoms with Crippen molar-refractivity contribution in [3.63, 3.8) is 0 Å². The molecule has 1 saturated heterocycles. The van der Waals surface area contributed by atoms with Crippen LogP contribution in [0.15, 0.2) is 127 Å². The van der Waals surface area contributed by atoms with Crippen LogP contribution in [-0.4, -0.2) is 12.1 Å². The van der Waals surface area contributed by atoms with Gasteiger partial charge in [0.15, 0.2) is 0 Å². The van der Waals surface area contributed by atoms with Gasteiger partial charge in [-0.3, -0.25) is 0 Å². The van der Waals surface area contributed by atoms with Gasteiger partial charge in [0.1, 0.15) is 0 Å². The SMILES string of the molecule is CC(C)c1cccc(C(C)C)c1[N-]C1CCCC2CCC(c3[c-]cc(-c4ccccc4)cc3)[N-]C21.[CH2-]c1ccccc1.[CH2-]c1ccccc1.[Zr]. The van der Waals surface area contributed by atoms with E-state index in [0.29, 0.717) is 23.8 Å². The van der Waals surface area contributed by atoms with E-state index in [4.69, 9.17) is 10.6 Å². The maximum atomic E-state index is 5.52. The summed E-state index contributed by atoms with van der Waals surface area (Å²) in [5.41, 5.74) is 9.86. The number of nitrogens with zero attached hydrogens (tertiary/aromatic N) is 2. The Morgan fingerprint density at radius 3 is 1.66 bits per heavy atom. The van der Waals surface area contributed by atoms with Crippen molar-refractivity contribution in [2.75, 3.05) is 0 Å². The molecule has 0 radical (unpaired) electrons. The van der Waals surface area contributed by atoms with Crippen LogP contribution in [0, 0.1) is 25.8 Å². The zero-order chi connectivity index (χ0) is 34.6. The standard InChI is InChI=1S/C33H39N2.2C7H7.Zr/c1-22(2)28-13-9-14-29(23(3)4)33(28)35-31-15-8-12-27-20-21-30(34-32(27)31)26-18-16-25(17-19-26)24-10-6-5-7-11-24;2*1-7-5-3-2-4-6-7;/h5-7,9-11,13-14,16-18,22-23,27,30-32H,8,12,15,20-21H2,1-4H3;2*2-6H,1H2;/q-3;2*-1;. The molecule has 1 saturated carbocycles. The number of para-hydroxylation sites is 1. The molecular weight excluding hydrogens is 684 g/mol. The van der Waals surface area contributed by atoms with Crippen molar-refractivity contribution in [3.05, 3.63) is 186 Å². The molecule has 50 heavy (non-hydrogen) atoms. The third-order valence-electron chi connectivity index (χ3n) is 9.74. The zero-order valence-electron chi connectivity index (χ0n) is 30.4. The summed E-state index contributed by atoms with van der Waals surface area (Å²) >= 11 is 0. The molecule has 1 heterocycles. The van der Waals surface area contributed by atoms with E-state index >= 15 is 0 Å². The van der Waals surface area contributed by atoms with Gasteiger partial charge < -0.3 is 10.6 Å². The summed E-state index contributed by atoms with van der Waals surface area (Å²) in [6, 6.07) is 48.1. The van der Waals surface area contributed by atoms with Gasteiger partial charge in [-0.25, -0.2) is 0 Å². The molecule has 2 nitrogen and oxygen atoms in total. The fraction of sp³-hybridized carbons (Fsp3) is 0.319. The van der Waals surface area contributed by atoms with E-state index in [0.717, 1.165) is 24.0 Å². The summed E-state index contributed by atoms with van der Waals surface area (Å²) in [7, 11) is 0. The Morgan fingerprint density at radius 1 is 0.620 bits per heavy atom. The van der Waals surface area contributed by atoms with Gasteiger partial charge >= 0.3 is 0 Å². The molecule has 260 valence electrons. The zero-order valence-corrected chi connectivity index (χ0v) is 32.9. The number of rotatable bonds is 6. The largest absolute Gasteiger partial charge is 0.682 e. The van der Waals surface area contributed by atoms with Gasteiger partial charge in [0.25, 0.3) is 0 Å². The monoisotopic (exact) mass is 735 g/mol. The molecule has 1 aliphatic heterocycles. The van der Waals surface area contributed by atoms with Gasteiger partial charge in [-0.15, -0.1) is 53.6 Å². The van der Waals surface area contributed by atoms with Crippen LogP contribution in [0.1, 0.15) is 105 Å². The summed E-state index contributed by atoms with van der Waals surface area (Å²) in [6.07, 6.45) is 6.11. The Balaban J connectivity index is 0.000000310. The second-order valence-corrected chi connectivity index (χ2v) is 14.1. The fourth-order valence-electron chi connectivity index (χ4n) is 7.05. The van der Waals surface area contributed by atoms with E-state index < -0.39 is 0 Å². The molecule has 7 rings (SSSR count). The van der Waals surface area contributed by atoms with Crippen LogP contribution < -0.4 is 0 Å². The smallest absolute Gasteiger partial charge is 0 e. The van der Waals surface area contributed by atoms with E-state index in [9.17, 15) is 0 Å². The predicted molar refractivity (Wildman–Crippen MR) is 210 cm³/mol. The topological polar surface area (TPSA) is 28.2 Å². The Morgan fingerprint density at radius 2 is 1.18 bits per heavy atom. The number of hydrogen-bond acceptors (Lipinski definition) is 0. The van der Waals surface area contributed by atoms with Gasteiger partial charge in [-0.05, 0) is 11.8 Å². The number of fused-ring (bicyclic) bond motifs is 1. The first-order valence-electron chi connectivity index (χ1n) is 18.1. The Bertz CT molecular complexity index is 1600. The van der Waals surface area contributed by atoms with E-state index in [1.807, 2.05) is 60.7 Å². The van der Waals surface area contributed by atoms with Gasteiger partial charge in [-0.2, -0.15) is 79.1 Å². The van der Waals surface area contributed by atoms with Gasteiger partial charge in [0.05, 0.1) is 0 Å². The molecule has 4 unspecified atom stereocenters. The second kappa shape index (κ2) is 19.8. The van der Waals surface area contributed by atoms with Crippen molar-refractivity contribution < 1.29 is 26.2 Å². The van der Waals surface area contributed by atoms with Gasteiger partial charge in [0.2, 0.25) is 0 Å². The molecule has 4 atom stereocenters. The number of benzene rings is 5. The molecule has 5 aromatic carbocycles. The van der Waals surface area contributed by atoms with Crippen LogP contribution >= 0.6 is 0 Å². The molecule has 0 spiro atoms. The molecule has 3 heteroatoms. The van der Waals surface area contributed by atoms with Gasteiger partial charge in [-0.1, -0.05) is 143 Å². The van der Waals surface area contributed by atoms with Crippen molar-refractivity contribution in [2.45, 2.75) is 89.8 Å². The minimum atomic E-state index is 0. The van der Waals surface area contributed by atoms with Crippen LogP contribution in [0.3, 0.4) is 0 Å². The summed E-state index contributed by atoms with van der Waals surface area (Å²) in [4.78, 5) is 0. The molecule has 1 aliphatic carbocycles. The van der Waals surface area contributed by atoms with Crippen LogP contribution in [0.5, 0.6) is 0 Å². The molecule has 2 aliphatic rings. The minimum Gasteiger partial charge on any atom is -0.682 e. The minimum absolute atomic E-state index is 0. The van der Waals surface area contributed by atoms with Crippen molar-refractivity contribution in [1.82, 2.24) is 0 Å². The first-order valence-corrected chi connectivity index (χ1v) is 18.1. The maximum Gasteiger partial charge on any atom is 0 e. The Hall–Kier alpha value is -3.52. The third-order valence-corrected chi connectivity index (χ3v) is 9.74. The van der Waals surface area contributed by atoms with E-state index in [-0.39, 0.29) is 38.3 Å². The van der Waals surface area contributed by atoms with E-state index in [1.54, 1.807) is 0 Å². The second-order valence-electron chi connectivity index (χ2n) is 14.1. The molecule has 0 N–H and O–H groups in total. The summed E-state index contributed by atoms with van der Waals surface area (Å²) in [5.74, 6) is 1.62. The average molecular weight is 737 g/mol. The normalized spacial score (nSPS) is 19.5. The number of piperidine rings is 1. The van der Waals surface area contributed by atoms with Gasteiger partial charge in [0, 0.05) is 26.2 Å². The molecule has 2 fully saturated rings. The first kappa shape index (κ1) is 39.3. The number of hydrogen-bond donors (Lipinski definition) is 0. The summed E-state index contributed by atoms with van der Waals surface area (Å²) < 4.78 is 0. The first-order chi connectivity index (χ1) is 23.8. The summed E-state index contributed by atoms with van der Waals surface area (Å²) in [6.45, 7) is 16.6. The Labute approximate surface area is 322 Å². The fourth-order valence-corrected chi connectivity index (χ4v) is 7.05.